The van der Waals surface area contributed by atoms with E-state index in [0.29, 0.717) is 12.1 Å². The highest BCUT2D eigenvalue weighted by molar-refractivity contribution is 6.01. The van der Waals surface area contributed by atoms with E-state index in [1.165, 1.54) is 29.2 Å². The molecule has 1 heterocycles. The Bertz CT molecular complexity index is 897. The molecule has 0 bridgehead atoms. The Kier molecular flexibility index (Phi) is 5.81. The summed E-state index contributed by atoms with van der Waals surface area (Å²) in [6.45, 7) is 3.15. The molecule has 168 valence electrons. The maximum Gasteiger partial charge on any atom is 0.416 e. The Morgan fingerprint density at radius 2 is 1.52 bits per heavy atom. The van der Waals surface area contributed by atoms with Gasteiger partial charge in [0.25, 0.3) is 0 Å². The van der Waals surface area contributed by atoms with Gasteiger partial charge in [-0.2, -0.15) is 26.3 Å². The third kappa shape index (κ3) is 4.68. The minimum atomic E-state index is -4.97. The zero-order chi connectivity index (χ0) is 23.2. The van der Waals surface area contributed by atoms with Crippen molar-refractivity contribution in [2.75, 3.05) is 6.61 Å². The molecule has 10 heteroatoms. The fourth-order valence-corrected chi connectivity index (χ4v) is 3.74. The van der Waals surface area contributed by atoms with Gasteiger partial charge in [0.05, 0.1) is 23.7 Å². The smallest absolute Gasteiger partial charge is 0.347 e. The van der Waals surface area contributed by atoms with Crippen molar-refractivity contribution in [2.24, 2.45) is 5.92 Å². The SMILES string of the molecule is CC(C)N1C(=O)C(Cc2cc(C(F)(F)F)cc(C(F)(F)F)c2)COC12C=CC(=O)C=C2. The molecule has 2 aliphatic rings. The number of carbonyl (C=O) groups excluding carboxylic acids is 2. The van der Waals surface area contributed by atoms with Crippen LogP contribution in [0, 0.1) is 5.92 Å². The van der Waals surface area contributed by atoms with Crippen LogP contribution in [0.15, 0.2) is 42.5 Å². The molecule has 1 fully saturated rings. The molecule has 1 atom stereocenters. The highest BCUT2D eigenvalue weighted by atomic mass is 19.4. The molecule has 0 radical (unpaired) electrons. The van der Waals surface area contributed by atoms with Crippen molar-refractivity contribution >= 4 is 11.7 Å². The summed E-state index contributed by atoms with van der Waals surface area (Å²) in [5.41, 5.74) is -4.46. The first kappa shape index (κ1) is 23.1. The largest absolute Gasteiger partial charge is 0.416 e. The molecule has 1 spiro atoms. The van der Waals surface area contributed by atoms with Gasteiger partial charge < -0.3 is 9.64 Å². The number of hydrogen-bond acceptors (Lipinski definition) is 3. The van der Waals surface area contributed by atoms with Gasteiger partial charge in [0.2, 0.25) is 5.91 Å². The van der Waals surface area contributed by atoms with Crippen LogP contribution in [0.5, 0.6) is 0 Å². The lowest BCUT2D eigenvalue weighted by molar-refractivity contribution is -0.185. The average Bonchev–Trinajstić information content (AvgIpc) is 2.65. The van der Waals surface area contributed by atoms with Crippen molar-refractivity contribution in [3.8, 4) is 0 Å². The van der Waals surface area contributed by atoms with Gasteiger partial charge in [0.15, 0.2) is 11.5 Å². The molecule has 0 aromatic heterocycles. The number of ether oxygens (including phenoxy) is 1. The predicted molar refractivity (Wildman–Crippen MR) is 97.6 cm³/mol. The summed E-state index contributed by atoms with van der Waals surface area (Å²) >= 11 is 0. The van der Waals surface area contributed by atoms with Crippen molar-refractivity contribution in [3.05, 3.63) is 59.2 Å². The summed E-state index contributed by atoms with van der Waals surface area (Å²) in [6, 6.07) is 0.870. The van der Waals surface area contributed by atoms with E-state index in [0.717, 1.165) is 0 Å². The third-order valence-electron chi connectivity index (χ3n) is 5.10. The molecule has 1 amide bonds. The molecular weight excluding hydrogens is 428 g/mol. The Hall–Kier alpha value is -2.62. The molecule has 1 aromatic carbocycles. The van der Waals surface area contributed by atoms with Crippen molar-refractivity contribution in [3.63, 3.8) is 0 Å². The number of carbonyl (C=O) groups is 2. The van der Waals surface area contributed by atoms with Gasteiger partial charge in [-0.15, -0.1) is 0 Å². The van der Waals surface area contributed by atoms with Crippen LogP contribution in [0.2, 0.25) is 0 Å². The molecule has 1 aliphatic carbocycles. The van der Waals surface area contributed by atoms with E-state index in [9.17, 15) is 35.9 Å². The standard InChI is InChI=1S/C21H19F6NO3/c1-12(2)28-18(30)14(11-31-19(28)5-3-17(29)4-6-19)7-13-8-15(20(22,23)24)10-16(9-13)21(25,26)27/h3-6,8-10,12,14H,7,11H2,1-2H3. The van der Waals surface area contributed by atoms with Gasteiger partial charge in [0.1, 0.15) is 0 Å². The summed E-state index contributed by atoms with van der Waals surface area (Å²) < 4.78 is 84.5. The van der Waals surface area contributed by atoms with Gasteiger partial charge in [-0.05, 0) is 68.3 Å². The van der Waals surface area contributed by atoms with Crippen LogP contribution < -0.4 is 0 Å². The van der Waals surface area contributed by atoms with Gasteiger partial charge in [-0.1, -0.05) is 0 Å². The Labute approximate surface area is 174 Å². The molecule has 0 N–H and O–H groups in total. The van der Waals surface area contributed by atoms with Crippen molar-refractivity contribution in [1.29, 1.82) is 0 Å². The lowest BCUT2D eigenvalue weighted by Gasteiger charge is -2.48. The quantitative estimate of drug-likeness (QED) is 0.640. The number of rotatable bonds is 3. The highest BCUT2D eigenvalue weighted by Gasteiger charge is 2.47. The third-order valence-corrected chi connectivity index (χ3v) is 5.10. The Morgan fingerprint density at radius 1 is 1.00 bits per heavy atom. The second kappa shape index (κ2) is 7.81. The summed E-state index contributed by atoms with van der Waals surface area (Å²) in [6.07, 6.45) is -5.00. The summed E-state index contributed by atoms with van der Waals surface area (Å²) in [5, 5.41) is 0. The molecule has 1 saturated heterocycles. The molecule has 4 nitrogen and oxygen atoms in total. The van der Waals surface area contributed by atoms with Crippen LogP contribution in [0.3, 0.4) is 0 Å². The second-order valence-electron chi connectivity index (χ2n) is 7.75. The van der Waals surface area contributed by atoms with Gasteiger partial charge >= 0.3 is 12.4 Å². The monoisotopic (exact) mass is 447 g/mol. The summed E-state index contributed by atoms with van der Waals surface area (Å²) in [5.74, 6) is -1.77. The molecule has 1 aliphatic heterocycles. The zero-order valence-corrected chi connectivity index (χ0v) is 16.6. The fraction of sp³-hybridized carbons (Fsp3) is 0.429. The molecule has 0 saturated carbocycles. The van der Waals surface area contributed by atoms with E-state index in [-0.39, 0.29) is 30.4 Å². The first-order chi connectivity index (χ1) is 14.2. The molecule has 3 rings (SSSR count). The Morgan fingerprint density at radius 3 is 1.97 bits per heavy atom. The van der Waals surface area contributed by atoms with Crippen LogP contribution in [0.25, 0.3) is 0 Å². The van der Waals surface area contributed by atoms with Crippen molar-refractivity contribution in [1.82, 2.24) is 4.90 Å². The zero-order valence-electron chi connectivity index (χ0n) is 16.6. The lowest BCUT2D eigenvalue weighted by atomic mass is 9.91. The first-order valence-electron chi connectivity index (χ1n) is 9.41. The number of alkyl halides is 6. The van der Waals surface area contributed by atoms with Crippen LogP contribution in [0.4, 0.5) is 26.3 Å². The molecule has 1 unspecified atom stereocenters. The van der Waals surface area contributed by atoms with Crippen molar-refractivity contribution in [2.45, 2.75) is 44.4 Å². The molecule has 31 heavy (non-hydrogen) atoms. The number of hydrogen-bond donors (Lipinski definition) is 0. The number of nitrogens with zero attached hydrogens (tertiary/aromatic N) is 1. The van der Waals surface area contributed by atoms with Crippen LogP contribution in [-0.2, 0) is 33.1 Å². The normalized spacial score (nSPS) is 21.5. The van der Waals surface area contributed by atoms with Crippen LogP contribution in [0.1, 0.15) is 30.5 Å². The summed E-state index contributed by atoms with van der Waals surface area (Å²) in [7, 11) is 0. The number of ketones is 1. The minimum Gasteiger partial charge on any atom is -0.347 e. The van der Waals surface area contributed by atoms with E-state index in [2.05, 4.69) is 0 Å². The van der Waals surface area contributed by atoms with E-state index < -0.39 is 47.1 Å². The second-order valence-corrected chi connectivity index (χ2v) is 7.75. The number of benzene rings is 1. The first-order valence-corrected chi connectivity index (χ1v) is 9.41. The number of halogens is 6. The Balaban J connectivity index is 1.93. The van der Waals surface area contributed by atoms with Gasteiger partial charge in [-0.25, -0.2) is 0 Å². The van der Waals surface area contributed by atoms with E-state index in [4.69, 9.17) is 4.74 Å². The maximum absolute atomic E-state index is 13.1. The highest BCUT2D eigenvalue weighted by Crippen LogP contribution is 2.38. The van der Waals surface area contributed by atoms with E-state index in [1.807, 2.05) is 0 Å². The number of allylic oxidation sites excluding steroid dienone is 2. The van der Waals surface area contributed by atoms with Gasteiger partial charge in [0, 0.05) is 6.04 Å². The molecular formula is C21H19F6NO3. The van der Waals surface area contributed by atoms with E-state index >= 15 is 0 Å². The lowest BCUT2D eigenvalue weighted by Crippen LogP contribution is -2.61. The molecule has 1 aromatic rings. The predicted octanol–water partition coefficient (Wildman–Crippen LogP) is 4.54. The van der Waals surface area contributed by atoms with Crippen molar-refractivity contribution < 1.29 is 40.7 Å². The average molecular weight is 447 g/mol. The summed E-state index contributed by atoms with van der Waals surface area (Å²) in [4.78, 5) is 25.9. The number of amides is 1. The van der Waals surface area contributed by atoms with E-state index in [1.54, 1.807) is 13.8 Å². The van der Waals surface area contributed by atoms with Crippen LogP contribution >= 0.6 is 0 Å². The van der Waals surface area contributed by atoms with Crippen LogP contribution in [-0.4, -0.2) is 35.0 Å². The topological polar surface area (TPSA) is 46.6 Å². The maximum atomic E-state index is 13.1. The van der Waals surface area contributed by atoms with Gasteiger partial charge in [-0.3, -0.25) is 9.59 Å². The minimum absolute atomic E-state index is 0.0483. The fourth-order valence-electron chi connectivity index (χ4n) is 3.74.